The number of nitrogens with zero attached hydrogens (tertiary/aromatic N) is 1. The minimum Gasteiger partial charge on any atom is -0.256 e. The minimum atomic E-state index is -0.315. The van der Waals surface area contributed by atoms with Crippen molar-refractivity contribution < 1.29 is 0 Å². The van der Waals surface area contributed by atoms with Crippen molar-refractivity contribution in [3.05, 3.63) is 185 Å². The van der Waals surface area contributed by atoms with Crippen LogP contribution in [0.1, 0.15) is 58.2 Å². The Bertz CT molecular complexity index is 2660. The van der Waals surface area contributed by atoms with Crippen molar-refractivity contribution in [2.24, 2.45) is 0 Å². The lowest BCUT2D eigenvalue weighted by Crippen LogP contribution is -2.25. The van der Waals surface area contributed by atoms with Crippen LogP contribution in [-0.2, 0) is 5.41 Å². The van der Waals surface area contributed by atoms with E-state index in [9.17, 15) is 0 Å². The van der Waals surface area contributed by atoms with Crippen molar-refractivity contribution in [1.29, 1.82) is 0 Å². The molecule has 0 amide bonds. The highest BCUT2D eigenvalue weighted by molar-refractivity contribution is 7.26. The van der Waals surface area contributed by atoms with Crippen LogP contribution in [0.25, 0.3) is 65.3 Å². The van der Waals surface area contributed by atoms with Gasteiger partial charge in [0.15, 0.2) is 0 Å². The van der Waals surface area contributed by atoms with Gasteiger partial charge in [-0.25, -0.2) is 0 Å². The Morgan fingerprint density at radius 1 is 0.612 bits per heavy atom. The van der Waals surface area contributed by atoms with E-state index in [1.165, 1.54) is 92.5 Å². The Balaban J connectivity index is 1.10. The van der Waals surface area contributed by atoms with E-state index >= 15 is 0 Å². The topological polar surface area (TPSA) is 12.9 Å². The van der Waals surface area contributed by atoms with Gasteiger partial charge in [0.2, 0.25) is 0 Å². The highest BCUT2D eigenvalue weighted by atomic mass is 32.1. The maximum Gasteiger partial charge on any atom is 0.0726 e. The molecule has 0 N–H and O–H groups in total. The predicted molar refractivity (Wildman–Crippen MR) is 206 cm³/mol. The summed E-state index contributed by atoms with van der Waals surface area (Å²) in [5.74, 6) is 0.437. The van der Waals surface area contributed by atoms with Gasteiger partial charge < -0.3 is 0 Å². The zero-order chi connectivity index (χ0) is 32.3. The number of hydrogen-bond donors (Lipinski definition) is 0. The highest BCUT2D eigenvalue weighted by Crippen LogP contribution is 2.64. The van der Waals surface area contributed by atoms with E-state index < -0.39 is 0 Å². The molecule has 2 aromatic heterocycles. The van der Waals surface area contributed by atoms with E-state index in [-0.39, 0.29) is 5.41 Å². The van der Waals surface area contributed by atoms with Crippen LogP contribution in [0.4, 0.5) is 0 Å². The number of rotatable bonds is 2. The minimum absolute atomic E-state index is 0.315. The molecule has 230 valence electrons. The molecular formula is C47H31NS. The molecule has 6 aromatic carbocycles. The first-order chi connectivity index (χ1) is 24.2. The van der Waals surface area contributed by atoms with Gasteiger partial charge in [-0.3, -0.25) is 4.98 Å². The largest absolute Gasteiger partial charge is 0.256 e. The van der Waals surface area contributed by atoms with Crippen LogP contribution in [0.15, 0.2) is 146 Å². The summed E-state index contributed by atoms with van der Waals surface area (Å²) in [5, 5.41) is 2.63. The molecule has 1 unspecified atom stereocenters. The number of thiophene rings is 1. The van der Waals surface area contributed by atoms with E-state index in [0.29, 0.717) is 5.92 Å². The van der Waals surface area contributed by atoms with Crippen LogP contribution < -0.4 is 0 Å². The van der Waals surface area contributed by atoms with Crippen molar-refractivity contribution in [3.63, 3.8) is 0 Å². The van der Waals surface area contributed by atoms with Crippen molar-refractivity contribution in [3.8, 4) is 33.5 Å². The molecule has 0 saturated carbocycles. The molecular weight excluding hydrogens is 611 g/mol. The van der Waals surface area contributed by atoms with Crippen LogP contribution >= 0.6 is 11.3 Å². The number of pyridine rings is 1. The van der Waals surface area contributed by atoms with E-state index in [1.807, 2.05) is 11.3 Å². The molecule has 1 nitrogen and oxygen atoms in total. The Morgan fingerprint density at radius 2 is 1.29 bits per heavy atom. The fourth-order valence-corrected chi connectivity index (χ4v) is 10.5. The average molecular weight is 642 g/mol. The van der Waals surface area contributed by atoms with Crippen molar-refractivity contribution in [1.82, 2.24) is 4.98 Å². The highest BCUT2D eigenvalue weighted by Gasteiger charge is 2.52. The maximum absolute atomic E-state index is 5.03. The lowest BCUT2D eigenvalue weighted by Gasteiger charge is -2.30. The summed E-state index contributed by atoms with van der Waals surface area (Å²) in [6.45, 7) is 2.32. The molecule has 49 heavy (non-hydrogen) atoms. The smallest absolute Gasteiger partial charge is 0.0726 e. The summed E-state index contributed by atoms with van der Waals surface area (Å²) in [7, 11) is 0. The second-order valence-electron chi connectivity index (χ2n) is 13.9. The number of benzene rings is 6. The number of aromatic nitrogens is 1. The Morgan fingerprint density at radius 3 is 2.04 bits per heavy atom. The van der Waals surface area contributed by atoms with Crippen LogP contribution in [-0.4, -0.2) is 4.98 Å². The first-order valence-corrected chi connectivity index (χ1v) is 18.1. The third-order valence-electron chi connectivity index (χ3n) is 11.4. The molecule has 11 rings (SSSR count). The fraction of sp³-hybridized carbons (Fsp3) is 0.0851. The Hall–Kier alpha value is -5.57. The summed E-state index contributed by atoms with van der Waals surface area (Å²) in [6, 6.07) is 52.1. The van der Waals surface area contributed by atoms with Gasteiger partial charge in [-0.15, -0.1) is 11.3 Å². The first-order valence-electron chi connectivity index (χ1n) is 17.3. The zero-order valence-electron chi connectivity index (χ0n) is 27.1. The molecule has 1 atom stereocenters. The van der Waals surface area contributed by atoms with Gasteiger partial charge in [-0.2, -0.15) is 0 Å². The van der Waals surface area contributed by atoms with Gasteiger partial charge in [-0.05, 0) is 91.7 Å². The van der Waals surface area contributed by atoms with Crippen LogP contribution in [0.2, 0.25) is 0 Å². The van der Waals surface area contributed by atoms with Gasteiger partial charge in [0.05, 0.1) is 11.1 Å². The van der Waals surface area contributed by atoms with Gasteiger partial charge in [-0.1, -0.05) is 134 Å². The standard InChI is InChI=1S/C47H31NS/c1-28-23-31(29-11-3-2-4-12-29)24-32-26-43(48-27-38(28)32)30-19-22-44-37(25-30)35-20-21-42-45(46(35)49-44)36-15-7-10-18-41(36)47(42)39-16-8-5-13-33(39)34-14-6-9-17-40(34)47/h2-22,24-28H,23H2,1H3. The summed E-state index contributed by atoms with van der Waals surface area (Å²) >= 11 is 1.93. The van der Waals surface area contributed by atoms with E-state index in [0.717, 1.165) is 12.1 Å². The van der Waals surface area contributed by atoms with E-state index in [2.05, 4.69) is 159 Å². The average Bonchev–Trinajstić information content (AvgIpc) is 3.78. The summed E-state index contributed by atoms with van der Waals surface area (Å²) in [6.07, 6.45) is 5.53. The van der Waals surface area contributed by atoms with Crippen LogP contribution in [0.5, 0.6) is 0 Å². The summed E-state index contributed by atoms with van der Waals surface area (Å²) in [4.78, 5) is 5.03. The monoisotopic (exact) mass is 641 g/mol. The molecule has 2 heterocycles. The zero-order valence-corrected chi connectivity index (χ0v) is 27.9. The van der Waals surface area contributed by atoms with Gasteiger partial charge in [0, 0.05) is 37.5 Å². The number of allylic oxidation sites excluding steroid dienone is 1. The fourth-order valence-electron chi connectivity index (χ4n) is 9.28. The lowest BCUT2D eigenvalue weighted by atomic mass is 9.70. The predicted octanol–water partition coefficient (Wildman–Crippen LogP) is 12.5. The molecule has 0 radical (unpaired) electrons. The first kappa shape index (κ1) is 27.4. The molecule has 0 fully saturated rings. The van der Waals surface area contributed by atoms with Gasteiger partial charge in [0.25, 0.3) is 0 Å². The Kier molecular flexibility index (Phi) is 5.58. The van der Waals surface area contributed by atoms with Crippen LogP contribution in [0.3, 0.4) is 0 Å². The van der Waals surface area contributed by atoms with Gasteiger partial charge in [0.1, 0.15) is 0 Å². The second kappa shape index (κ2) is 9.98. The molecule has 3 aliphatic carbocycles. The summed E-state index contributed by atoms with van der Waals surface area (Å²) in [5.41, 5.74) is 18.2. The molecule has 0 aliphatic heterocycles. The van der Waals surface area contributed by atoms with E-state index in [1.54, 1.807) is 0 Å². The molecule has 0 bridgehead atoms. The third kappa shape index (κ3) is 3.62. The Labute approximate surface area is 289 Å². The number of fused-ring (bicyclic) bond motifs is 15. The molecule has 0 saturated heterocycles. The summed E-state index contributed by atoms with van der Waals surface area (Å²) < 4.78 is 2.69. The lowest BCUT2D eigenvalue weighted by molar-refractivity contribution is 0.778. The quantitative estimate of drug-likeness (QED) is 0.183. The maximum atomic E-state index is 5.03. The molecule has 8 aromatic rings. The third-order valence-corrected chi connectivity index (χ3v) is 12.6. The van der Waals surface area contributed by atoms with E-state index in [4.69, 9.17) is 4.98 Å². The number of hydrogen-bond acceptors (Lipinski definition) is 2. The molecule has 2 heteroatoms. The van der Waals surface area contributed by atoms with Crippen molar-refractivity contribution >= 4 is 43.2 Å². The normalized spacial score (nSPS) is 16.3. The SMILES string of the molecule is CC1CC(c2ccccc2)=Cc2cc(-c3ccc4sc5c6c(ccc5c4c3)C3(c4ccccc4-c4ccccc43)c3ccccc3-6)ncc21. The molecule has 3 aliphatic rings. The van der Waals surface area contributed by atoms with Crippen molar-refractivity contribution in [2.45, 2.75) is 24.7 Å². The van der Waals surface area contributed by atoms with Gasteiger partial charge >= 0.3 is 0 Å². The second-order valence-corrected chi connectivity index (χ2v) is 15.0. The molecule has 1 spiro atoms. The van der Waals surface area contributed by atoms with Crippen LogP contribution in [0, 0.1) is 0 Å². The van der Waals surface area contributed by atoms with Crippen molar-refractivity contribution in [2.75, 3.05) is 0 Å².